The Morgan fingerprint density at radius 3 is 2.53 bits per heavy atom. The van der Waals surface area contributed by atoms with Gasteiger partial charge in [0.15, 0.2) is 11.6 Å². The summed E-state index contributed by atoms with van der Waals surface area (Å²) < 4.78 is 43.4. The van der Waals surface area contributed by atoms with Crippen LogP contribution >= 0.6 is 0 Å². The summed E-state index contributed by atoms with van der Waals surface area (Å²) in [6.45, 7) is -0.747. The van der Waals surface area contributed by atoms with Crippen LogP contribution in [0.5, 0.6) is 5.75 Å². The second kappa shape index (κ2) is 9.62. The van der Waals surface area contributed by atoms with Crippen molar-refractivity contribution in [3.05, 3.63) is 41.7 Å². The monoisotopic (exact) mass is 418 g/mol. The van der Waals surface area contributed by atoms with Gasteiger partial charge >= 0.3 is 6.61 Å². The van der Waals surface area contributed by atoms with Crippen molar-refractivity contribution in [2.75, 3.05) is 0 Å². The highest BCUT2D eigenvalue weighted by atomic mass is 19.3. The Labute approximate surface area is 178 Å². The van der Waals surface area contributed by atoms with Gasteiger partial charge in [0.25, 0.3) is 0 Å². The summed E-state index contributed by atoms with van der Waals surface area (Å²) in [7, 11) is 0. The Balaban J connectivity index is 1.42. The molecule has 0 aromatic heterocycles. The van der Waals surface area contributed by atoms with Crippen LogP contribution in [0.15, 0.2) is 30.3 Å². The summed E-state index contributed by atoms with van der Waals surface area (Å²) in [5.74, 6) is 2.04. The Morgan fingerprint density at radius 1 is 0.933 bits per heavy atom. The fourth-order valence-corrected chi connectivity index (χ4v) is 5.94. The van der Waals surface area contributed by atoms with Gasteiger partial charge in [0.05, 0.1) is 0 Å². The summed E-state index contributed by atoms with van der Waals surface area (Å²) in [6.07, 6.45) is 13.3. The minimum atomic E-state index is -3.02. The molecule has 2 aromatic rings. The number of unbranched alkanes of at least 4 members (excludes halogenated alkanes) is 2. The van der Waals surface area contributed by atoms with E-state index in [0.717, 1.165) is 28.5 Å². The fourth-order valence-electron chi connectivity index (χ4n) is 5.94. The van der Waals surface area contributed by atoms with Crippen LogP contribution in [0.2, 0.25) is 0 Å². The molecule has 4 rings (SSSR count). The maximum atomic E-state index is 14.2. The molecule has 2 saturated carbocycles. The van der Waals surface area contributed by atoms with Crippen molar-refractivity contribution in [3.63, 3.8) is 0 Å². The lowest BCUT2D eigenvalue weighted by Crippen LogP contribution is -2.30. The lowest BCUT2D eigenvalue weighted by atomic mass is 9.63. The molecule has 2 aliphatic rings. The highest BCUT2D eigenvalue weighted by molar-refractivity contribution is 5.84. The van der Waals surface area contributed by atoms with Crippen molar-refractivity contribution in [2.45, 2.75) is 83.7 Å². The first-order valence-corrected chi connectivity index (χ1v) is 11.7. The molecular formula is C26H33F3O. The number of benzene rings is 2. The average Bonchev–Trinajstić information content (AvgIpc) is 2.73. The third-order valence-electron chi connectivity index (χ3n) is 7.54. The number of fused-ring (bicyclic) bond motifs is 2. The van der Waals surface area contributed by atoms with Crippen LogP contribution < -0.4 is 4.74 Å². The number of ether oxygens (including phenoxy) is 1. The van der Waals surface area contributed by atoms with Gasteiger partial charge in [0.2, 0.25) is 0 Å². The van der Waals surface area contributed by atoms with Crippen LogP contribution in [0.3, 0.4) is 0 Å². The molecule has 2 aliphatic carbocycles. The van der Waals surface area contributed by atoms with Gasteiger partial charge in [-0.1, -0.05) is 57.2 Å². The molecule has 0 bridgehead atoms. The molecule has 2 aromatic carbocycles. The molecule has 2 unspecified atom stereocenters. The summed E-state index contributed by atoms with van der Waals surface area (Å²) in [6, 6.07) is 8.75. The minimum absolute atomic E-state index is 0.388. The maximum Gasteiger partial charge on any atom is 0.387 e. The topological polar surface area (TPSA) is 9.23 Å². The van der Waals surface area contributed by atoms with E-state index in [1.807, 2.05) is 12.1 Å². The molecule has 0 radical (unpaired) electrons. The highest BCUT2D eigenvalue weighted by Gasteiger charge is 2.35. The predicted octanol–water partition coefficient (Wildman–Crippen LogP) is 8.46. The quantitative estimate of drug-likeness (QED) is 0.410. The smallest absolute Gasteiger partial charge is 0.387 e. The Morgan fingerprint density at radius 2 is 1.73 bits per heavy atom. The van der Waals surface area contributed by atoms with Crippen LogP contribution in [-0.4, -0.2) is 6.61 Å². The lowest BCUT2D eigenvalue weighted by molar-refractivity contribution is -0.0520. The first-order chi connectivity index (χ1) is 14.5. The van der Waals surface area contributed by atoms with Gasteiger partial charge in [-0.05, 0) is 84.2 Å². The van der Waals surface area contributed by atoms with Gasteiger partial charge in [-0.2, -0.15) is 8.78 Å². The van der Waals surface area contributed by atoms with E-state index >= 15 is 0 Å². The van der Waals surface area contributed by atoms with Crippen LogP contribution in [0.4, 0.5) is 13.2 Å². The normalized spacial score (nSPS) is 26.7. The highest BCUT2D eigenvalue weighted by Crippen LogP contribution is 2.48. The molecule has 4 heteroatoms. The SMILES string of the molecule is CCCCC[C@@H]1CC[C@@H]2CC(c3ccc4cc(OC(F)F)c(F)cc4c3)CCC2C1. The van der Waals surface area contributed by atoms with Gasteiger partial charge in [-0.25, -0.2) is 4.39 Å². The summed E-state index contributed by atoms with van der Waals surface area (Å²) in [5, 5.41) is 1.49. The Hall–Kier alpha value is -1.71. The van der Waals surface area contributed by atoms with E-state index < -0.39 is 12.4 Å². The van der Waals surface area contributed by atoms with Crippen molar-refractivity contribution >= 4 is 10.8 Å². The molecular weight excluding hydrogens is 385 g/mol. The number of alkyl halides is 2. The van der Waals surface area contributed by atoms with Crippen LogP contribution in [0.1, 0.15) is 82.6 Å². The summed E-state index contributed by atoms with van der Waals surface area (Å²) >= 11 is 0. The third kappa shape index (κ3) is 4.95. The van der Waals surface area contributed by atoms with E-state index in [4.69, 9.17) is 0 Å². The first kappa shape index (κ1) is 21.5. The van der Waals surface area contributed by atoms with Gasteiger partial charge in [0.1, 0.15) is 0 Å². The molecule has 0 heterocycles. The standard InChI is InChI=1S/C26H33F3O/c1-2-3-4-5-17-6-7-19-13-20(9-8-18(19)12-17)21-10-11-22-16-25(30-26(28)29)24(27)15-23(22)14-21/h10-11,14-20,26H,2-9,12-13H2,1H3/t17-,18?,19-,20?/m1/s1. The lowest BCUT2D eigenvalue weighted by Gasteiger charge is -2.42. The largest absolute Gasteiger partial charge is 0.432 e. The summed E-state index contributed by atoms with van der Waals surface area (Å²) in [5.41, 5.74) is 1.26. The van der Waals surface area contributed by atoms with E-state index in [2.05, 4.69) is 17.7 Å². The van der Waals surface area contributed by atoms with Gasteiger partial charge in [-0.3, -0.25) is 0 Å². The van der Waals surface area contributed by atoms with E-state index in [9.17, 15) is 13.2 Å². The molecule has 0 N–H and O–H groups in total. The van der Waals surface area contributed by atoms with E-state index in [-0.39, 0.29) is 5.75 Å². The molecule has 0 amide bonds. The zero-order valence-corrected chi connectivity index (χ0v) is 17.9. The van der Waals surface area contributed by atoms with Crippen LogP contribution in [-0.2, 0) is 0 Å². The molecule has 2 fully saturated rings. The van der Waals surface area contributed by atoms with Gasteiger partial charge < -0.3 is 4.74 Å². The zero-order valence-electron chi connectivity index (χ0n) is 17.9. The van der Waals surface area contributed by atoms with Gasteiger partial charge in [-0.15, -0.1) is 0 Å². The van der Waals surface area contributed by atoms with Crippen molar-refractivity contribution in [2.24, 2.45) is 17.8 Å². The number of hydrogen-bond acceptors (Lipinski definition) is 1. The molecule has 4 atom stereocenters. The number of rotatable bonds is 7. The maximum absolute atomic E-state index is 14.2. The molecule has 30 heavy (non-hydrogen) atoms. The van der Waals surface area contributed by atoms with Gasteiger partial charge in [0, 0.05) is 0 Å². The van der Waals surface area contributed by atoms with E-state index in [1.54, 1.807) is 0 Å². The van der Waals surface area contributed by atoms with Crippen molar-refractivity contribution in [1.82, 2.24) is 0 Å². The molecule has 0 spiro atoms. The second-order valence-corrected chi connectivity index (χ2v) is 9.47. The first-order valence-electron chi connectivity index (χ1n) is 11.7. The average molecular weight is 419 g/mol. The van der Waals surface area contributed by atoms with E-state index in [0.29, 0.717) is 5.92 Å². The fraction of sp³-hybridized carbons (Fsp3) is 0.615. The van der Waals surface area contributed by atoms with Crippen LogP contribution in [0.25, 0.3) is 10.8 Å². The summed E-state index contributed by atoms with van der Waals surface area (Å²) in [4.78, 5) is 0. The zero-order chi connectivity index (χ0) is 21.1. The van der Waals surface area contributed by atoms with Crippen LogP contribution in [0, 0.1) is 23.6 Å². The Bertz CT molecular complexity index is 850. The second-order valence-electron chi connectivity index (χ2n) is 9.47. The molecule has 0 saturated heterocycles. The van der Waals surface area contributed by atoms with Crippen molar-refractivity contribution in [1.29, 1.82) is 0 Å². The Kier molecular flexibility index (Phi) is 6.90. The molecule has 164 valence electrons. The van der Waals surface area contributed by atoms with Crippen molar-refractivity contribution in [3.8, 4) is 5.75 Å². The molecule has 0 aliphatic heterocycles. The number of halogens is 3. The molecule has 1 nitrogen and oxygen atoms in total. The number of hydrogen-bond donors (Lipinski definition) is 0. The predicted molar refractivity (Wildman–Crippen MR) is 116 cm³/mol. The van der Waals surface area contributed by atoms with E-state index in [1.165, 1.54) is 81.9 Å². The minimum Gasteiger partial charge on any atom is -0.432 e. The third-order valence-corrected chi connectivity index (χ3v) is 7.54. The van der Waals surface area contributed by atoms with Crippen molar-refractivity contribution < 1.29 is 17.9 Å².